The number of benzene rings is 7. The molecule has 0 N–H and O–H groups in total. The van der Waals surface area contributed by atoms with Gasteiger partial charge in [-0.25, -0.2) is 15.0 Å². The third-order valence-electron chi connectivity index (χ3n) is 9.56. The van der Waals surface area contributed by atoms with Gasteiger partial charge in [-0.1, -0.05) is 109 Å². The highest BCUT2D eigenvalue weighted by atomic mass is 32.1. The molecule has 0 unspecified atom stereocenters. The Labute approximate surface area is 307 Å². The van der Waals surface area contributed by atoms with Crippen molar-refractivity contribution in [3.05, 3.63) is 158 Å². The van der Waals surface area contributed by atoms with Crippen LogP contribution in [0.25, 0.3) is 102 Å². The molecule has 238 valence electrons. The highest BCUT2D eigenvalue weighted by Gasteiger charge is 2.20. The van der Waals surface area contributed by atoms with Gasteiger partial charge in [-0.2, -0.15) is 0 Å². The summed E-state index contributed by atoms with van der Waals surface area (Å²) in [5, 5.41) is 6.74. The lowest BCUT2D eigenvalue weighted by Crippen LogP contribution is -2.00. The van der Waals surface area contributed by atoms with E-state index in [1.54, 1.807) is 22.7 Å². The first-order valence-electron chi connectivity index (χ1n) is 19.0. The van der Waals surface area contributed by atoms with Crippen molar-refractivity contribution < 1.29 is 6.85 Å². The van der Waals surface area contributed by atoms with Crippen LogP contribution in [-0.2, 0) is 0 Å². The first kappa shape index (κ1) is 24.0. The molecule has 0 aliphatic carbocycles. The normalized spacial score (nSPS) is 13.3. The maximum atomic E-state index is 8.84. The first-order chi connectivity index (χ1) is 27.4. The zero-order chi connectivity index (χ0) is 37.8. The van der Waals surface area contributed by atoms with Gasteiger partial charge in [0.05, 0.1) is 17.9 Å². The van der Waals surface area contributed by atoms with Crippen LogP contribution in [0.15, 0.2) is 158 Å². The molecule has 0 bridgehead atoms. The molecule has 6 heteroatoms. The minimum Gasteiger partial charge on any atom is -0.309 e. The molecule has 0 spiro atoms. The van der Waals surface area contributed by atoms with Gasteiger partial charge < -0.3 is 4.57 Å². The second-order valence-corrected chi connectivity index (χ2v) is 14.5. The summed E-state index contributed by atoms with van der Waals surface area (Å²) in [5.41, 5.74) is 4.81. The summed E-state index contributed by atoms with van der Waals surface area (Å²) in [4.78, 5) is 14.9. The zero-order valence-electron chi connectivity index (χ0n) is 31.7. The van der Waals surface area contributed by atoms with Crippen LogP contribution in [0.5, 0.6) is 0 Å². The van der Waals surface area contributed by atoms with Crippen molar-refractivity contribution in [2.45, 2.75) is 0 Å². The molecule has 4 nitrogen and oxygen atoms in total. The molecule has 7 aromatic carbocycles. The topological polar surface area (TPSA) is 43.6 Å². The van der Waals surface area contributed by atoms with E-state index >= 15 is 0 Å². The molecule has 0 aliphatic rings. The van der Waals surface area contributed by atoms with E-state index in [1.165, 1.54) is 10.8 Å². The lowest BCUT2D eigenvalue weighted by atomic mass is 10.1. The molecule has 0 fully saturated rings. The fourth-order valence-electron chi connectivity index (χ4n) is 7.32. The number of hydrogen-bond donors (Lipinski definition) is 0. The quantitative estimate of drug-likeness (QED) is 0.184. The Morgan fingerprint density at radius 3 is 1.65 bits per heavy atom. The molecule has 51 heavy (non-hydrogen) atoms. The summed E-state index contributed by atoms with van der Waals surface area (Å²) >= 11 is 3.30. The van der Waals surface area contributed by atoms with Gasteiger partial charge in [0.1, 0.15) is 0 Å². The molecule has 0 aliphatic heterocycles. The molecule has 0 saturated carbocycles. The predicted molar refractivity (Wildman–Crippen MR) is 216 cm³/mol. The van der Waals surface area contributed by atoms with Gasteiger partial charge in [0.15, 0.2) is 17.5 Å². The Morgan fingerprint density at radius 1 is 0.451 bits per heavy atom. The average Bonchev–Trinajstić information content (AvgIpc) is 3.91. The number of hydrogen-bond acceptors (Lipinski definition) is 5. The smallest absolute Gasteiger partial charge is 0.165 e. The van der Waals surface area contributed by atoms with Crippen LogP contribution in [-0.4, -0.2) is 19.5 Å². The van der Waals surface area contributed by atoms with Crippen LogP contribution in [0.2, 0.25) is 0 Å². The molecule has 0 atom stereocenters. The molecule has 11 rings (SSSR count). The summed E-state index contributed by atoms with van der Waals surface area (Å²) in [6, 6.07) is 41.8. The molecule has 4 aromatic heterocycles. The monoisotopic (exact) mass is 691 g/mol. The van der Waals surface area contributed by atoms with E-state index in [2.05, 4.69) is 95.6 Å². The number of thiophene rings is 2. The van der Waals surface area contributed by atoms with E-state index in [0.717, 1.165) is 68.2 Å². The third-order valence-corrected chi connectivity index (χ3v) is 12.0. The Bertz CT molecular complexity index is 3380. The summed E-state index contributed by atoms with van der Waals surface area (Å²) in [6.45, 7) is 0. The summed E-state index contributed by atoms with van der Waals surface area (Å²) in [7, 11) is 0. The van der Waals surface area contributed by atoms with Gasteiger partial charge in [0.25, 0.3) is 0 Å². The largest absolute Gasteiger partial charge is 0.309 e. The minimum atomic E-state index is -0.469. The van der Waals surface area contributed by atoms with Gasteiger partial charge in [-0.05, 0) is 48.5 Å². The summed E-state index contributed by atoms with van der Waals surface area (Å²) in [5.74, 6) is 0.738. The van der Waals surface area contributed by atoms with Crippen LogP contribution in [0, 0.1) is 0 Å². The van der Waals surface area contributed by atoms with Gasteiger partial charge >= 0.3 is 0 Å². The standard InChI is InChI=1S/C45H26N4S2/c1-2-12-27(13-3-1)43-46-44(34-19-10-17-32-31-16-6-9-23-39(31)50-41(32)34)48-45(47-43)35-20-11-18-33-36-26-28(24-25-40(36)51-42(33)35)49-37-21-7-4-14-29(37)30-15-5-8-22-38(30)49/h1-26H/i1D,2D,3D,12D,13D. The van der Waals surface area contributed by atoms with Crippen molar-refractivity contribution in [2.24, 2.45) is 0 Å². The van der Waals surface area contributed by atoms with E-state index < -0.39 is 18.1 Å². The highest BCUT2D eigenvalue weighted by Crippen LogP contribution is 2.43. The van der Waals surface area contributed by atoms with Crippen LogP contribution >= 0.6 is 22.7 Å². The highest BCUT2D eigenvalue weighted by molar-refractivity contribution is 7.26. The number of para-hydroxylation sites is 2. The van der Waals surface area contributed by atoms with E-state index in [1.807, 2.05) is 36.4 Å². The van der Waals surface area contributed by atoms with Crippen LogP contribution in [0.3, 0.4) is 0 Å². The maximum Gasteiger partial charge on any atom is 0.165 e. The molecule has 0 amide bonds. The minimum absolute atomic E-state index is 0.0203. The van der Waals surface area contributed by atoms with Crippen molar-refractivity contribution in [3.63, 3.8) is 0 Å². The van der Waals surface area contributed by atoms with Gasteiger partial charge in [0, 0.05) is 73.5 Å². The van der Waals surface area contributed by atoms with Crippen LogP contribution in [0.4, 0.5) is 0 Å². The van der Waals surface area contributed by atoms with Crippen molar-refractivity contribution >= 4 is 84.8 Å². The average molecular weight is 692 g/mol. The Kier molecular flexibility index (Phi) is 5.25. The lowest BCUT2D eigenvalue weighted by molar-refractivity contribution is 1.08. The van der Waals surface area contributed by atoms with E-state index in [4.69, 9.17) is 21.8 Å². The molecular formula is C45H26N4S2. The van der Waals surface area contributed by atoms with Crippen molar-refractivity contribution in [1.82, 2.24) is 19.5 Å². The lowest BCUT2D eigenvalue weighted by Gasteiger charge is -2.10. The SMILES string of the molecule is [2H]c1c([2H])c([2H])c(-c2nc(-c3cccc4c3sc3ccccc34)nc(-c3cccc4c3sc3ccc(-n5c6ccccc6c6ccccc65)cc34)n2)c([2H])c1[2H]. The molecule has 0 saturated heterocycles. The Balaban J connectivity index is 1.16. The number of nitrogens with zero attached hydrogens (tertiary/aromatic N) is 4. The second kappa shape index (κ2) is 11.2. The van der Waals surface area contributed by atoms with Crippen LogP contribution in [0.1, 0.15) is 6.85 Å². The number of rotatable bonds is 4. The Morgan fingerprint density at radius 2 is 0.980 bits per heavy atom. The number of aromatic nitrogens is 4. The summed E-state index contributed by atoms with van der Waals surface area (Å²) < 4.78 is 49.3. The van der Waals surface area contributed by atoms with Crippen molar-refractivity contribution in [3.8, 4) is 39.9 Å². The first-order valence-corrected chi connectivity index (χ1v) is 18.2. The Hall–Kier alpha value is -6.21. The van der Waals surface area contributed by atoms with Gasteiger partial charge in [0.2, 0.25) is 0 Å². The number of fused-ring (bicyclic) bond motifs is 9. The van der Waals surface area contributed by atoms with Gasteiger partial charge in [-0.15, -0.1) is 22.7 Å². The molecule has 11 aromatic rings. The van der Waals surface area contributed by atoms with E-state index in [0.29, 0.717) is 11.6 Å². The zero-order valence-corrected chi connectivity index (χ0v) is 28.4. The molecule has 0 radical (unpaired) electrons. The summed E-state index contributed by atoms with van der Waals surface area (Å²) in [6.07, 6.45) is 0. The predicted octanol–water partition coefficient (Wildman–Crippen LogP) is 12.7. The fraction of sp³-hybridized carbons (Fsp3) is 0. The van der Waals surface area contributed by atoms with E-state index in [-0.39, 0.29) is 23.5 Å². The van der Waals surface area contributed by atoms with E-state index in [9.17, 15) is 0 Å². The molecule has 4 heterocycles. The fourth-order valence-corrected chi connectivity index (χ4v) is 9.72. The molecular weight excluding hydrogens is 661 g/mol. The maximum absolute atomic E-state index is 8.84. The van der Waals surface area contributed by atoms with Crippen molar-refractivity contribution in [2.75, 3.05) is 0 Å². The van der Waals surface area contributed by atoms with Crippen LogP contribution < -0.4 is 0 Å². The third kappa shape index (κ3) is 4.40. The van der Waals surface area contributed by atoms with Crippen molar-refractivity contribution in [1.29, 1.82) is 0 Å². The van der Waals surface area contributed by atoms with Gasteiger partial charge in [-0.3, -0.25) is 0 Å². The second-order valence-electron chi connectivity index (χ2n) is 12.4.